The molecule has 3 aromatic rings. The number of ether oxygens (including phenoxy) is 4. The number of fused-ring (bicyclic) bond motifs is 1. The second-order valence-electron chi connectivity index (χ2n) is 11.7. The molecular weight excluding hydrogens is 576 g/mol. The normalized spacial score (nSPS) is 21.5. The van der Waals surface area contributed by atoms with Crippen molar-refractivity contribution in [3.8, 4) is 11.5 Å². The summed E-state index contributed by atoms with van der Waals surface area (Å²) < 4.78 is 24.3. The van der Waals surface area contributed by atoms with Gasteiger partial charge in [-0.15, -0.1) is 0 Å². The van der Waals surface area contributed by atoms with Crippen LogP contribution in [0, 0.1) is 5.92 Å². The highest BCUT2D eigenvalue weighted by atomic mass is 16.7. The molecule has 2 aliphatic rings. The number of benzene rings is 3. The molecule has 0 bridgehead atoms. The van der Waals surface area contributed by atoms with Crippen molar-refractivity contribution in [1.82, 2.24) is 4.90 Å². The van der Waals surface area contributed by atoms with E-state index in [1.807, 2.05) is 36.4 Å². The van der Waals surface area contributed by atoms with Gasteiger partial charge in [0.15, 0.2) is 17.8 Å². The fourth-order valence-electron chi connectivity index (χ4n) is 6.03. The summed E-state index contributed by atoms with van der Waals surface area (Å²) in [6.45, 7) is 4.50. The van der Waals surface area contributed by atoms with Crippen molar-refractivity contribution in [3.63, 3.8) is 0 Å². The number of carboxylic acids is 1. The smallest absolute Gasteiger partial charge is 0.303 e. The van der Waals surface area contributed by atoms with Crippen molar-refractivity contribution >= 4 is 17.6 Å². The highest BCUT2D eigenvalue weighted by Crippen LogP contribution is 2.42. The number of rotatable bonds is 12. The van der Waals surface area contributed by atoms with Gasteiger partial charge in [0.1, 0.15) is 0 Å². The van der Waals surface area contributed by atoms with E-state index in [1.54, 1.807) is 26.4 Å². The monoisotopic (exact) mass is 618 g/mol. The van der Waals surface area contributed by atoms with Crippen molar-refractivity contribution in [3.05, 3.63) is 88.5 Å². The average Bonchev–Trinajstić information content (AvgIpc) is 3.05. The van der Waals surface area contributed by atoms with Crippen LogP contribution in [0.2, 0.25) is 0 Å². The molecule has 0 saturated carbocycles. The van der Waals surface area contributed by atoms with E-state index in [0.29, 0.717) is 12.2 Å². The van der Waals surface area contributed by atoms with Crippen LogP contribution in [0.3, 0.4) is 0 Å². The molecule has 3 N–H and O–H groups in total. The summed E-state index contributed by atoms with van der Waals surface area (Å²) in [5, 5.41) is 21.2. The van der Waals surface area contributed by atoms with E-state index in [-0.39, 0.29) is 49.9 Å². The lowest BCUT2D eigenvalue weighted by molar-refractivity contribution is -0.276. The van der Waals surface area contributed by atoms with Gasteiger partial charge in [0.25, 0.3) is 0 Å². The molecular formula is C35H42N2O8. The van der Waals surface area contributed by atoms with Crippen LogP contribution in [0.15, 0.2) is 60.7 Å². The molecule has 5 rings (SSSR count). The van der Waals surface area contributed by atoms with Gasteiger partial charge in [0.2, 0.25) is 5.91 Å². The molecule has 2 aliphatic heterocycles. The fraction of sp³-hybridized carbons (Fsp3) is 0.429. The summed E-state index contributed by atoms with van der Waals surface area (Å²) in [7, 11) is 3.31. The molecule has 0 aromatic heterocycles. The molecule has 10 nitrogen and oxygen atoms in total. The number of hydrogen-bond donors (Lipinski definition) is 3. The molecule has 2 heterocycles. The topological polar surface area (TPSA) is 127 Å². The first-order valence-corrected chi connectivity index (χ1v) is 15.4. The second-order valence-corrected chi connectivity index (χ2v) is 11.7. The van der Waals surface area contributed by atoms with Crippen molar-refractivity contribution in [2.24, 2.45) is 5.92 Å². The Morgan fingerprint density at radius 3 is 2.24 bits per heavy atom. The predicted molar refractivity (Wildman–Crippen MR) is 168 cm³/mol. The zero-order chi connectivity index (χ0) is 31.9. The molecule has 0 radical (unpaired) electrons. The lowest BCUT2D eigenvalue weighted by Gasteiger charge is -2.43. The molecule has 0 unspecified atom stereocenters. The van der Waals surface area contributed by atoms with Crippen LogP contribution < -0.4 is 14.8 Å². The lowest BCUT2D eigenvalue weighted by Crippen LogP contribution is -2.45. The second kappa shape index (κ2) is 14.9. The van der Waals surface area contributed by atoms with Crippen molar-refractivity contribution < 1.29 is 38.7 Å². The van der Waals surface area contributed by atoms with E-state index in [0.717, 1.165) is 47.7 Å². The van der Waals surface area contributed by atoms with Crippen LogP contribution in [0.5, 0.6) is 11.5 Å². The largest absolute Gasteiger partial charge is 0.493 e. The van der Waals surface area contributed by atoms with Gasteiger partial charge in [-0.05, 0) is 59.4 Å². The zero-order valence-electron chi connectivity index (χ0n) is 26.0. The summed E-state index contributed by atoms with van der Waals surface area (Å²) in [6, 6.07) is 19.4. The quantitative estimate of drug-likeness (QED) is 0.250. The number of nitrogens with zero attached hydrogens (tertiary/aromatic N) is 1. The highest BCUT2D eigenvalue weighted by Gasteiger charge is 2.39. The minimum atomic E-state index is -0.916. The molecule has 1 saturated heterocycles. The van der Waals surface area contributed by atoms with Gasteiger partial charge in [-0.2, -0.15) is 0 Å². The third kappa shape index (κ3) is 8.01. The van der Waals surface area contributed by atoms with E-state index >= 15 is 0 Å². The zero-order valence-corrected chi connectivity index (χ0v) is 26.0. The molecule has 10 heteroatoms. The minimum Gasteiger partial charge on any atom is -0.493 e. The first-order chi connectivity index (χ1) is 21.8. The SMILES string of the molecule is COc1cc2c(cc1OC)CN(C[C@H]1O[C@@H](c3ccc(NC(=O)CCCC(=O)O)cc3)O[C@@H](c3ccc(CO)cc3)[C@H]1C)CC2. The molecule has 240 valence electrons. The molecule has 1 amide bonds. The average molecular weight is 619 g/mol. The van der Waals surface area contributed by atoms with Crippen LogP contribution in [0.1, 0.15) is 66.4 Å². The number of nitrogens with one attached hydrogen (secondary N) is 1. The van der Waals surface area contributed by atoms with Crippen LogP contribution in [0.25, 0.3) is 0 Å². The van der Waals surface area contributed by atoms with Gasteiger partial charge in [0.05, 0.1) is 33.0 Å². The summed E-state index contributed by atoms with van der Waals surface area (Å²) in [4.78, 5) is 25.4. The number of carboxylic acid groups (broad SMARTS) is 1. The van der Waals surface area contributed by atoms with Gasteiger partial charge in [-0.1, -0.05) is 43.3 Å². The van der Waals surface area contributed by atoms with Crippen LogP contribution in [-0.4, -0.2) is 60.4 Å². The summed E-state index contributed by atoms with van der Waals surface area (Å²) >= 11 is 0. The van der Waals surface area contributed by atoms with Crippen LogP contribution in [-0.2, 0) is 38.6 Å². The van der Waals surface area contributed by atoms with Gasteiger partial charge >= 0.3 is 5.97 Å². The number of aliphatic carboxylic acids is 1. The Morgan fingerprint density at radius 2 is 1.60 bits per heavy atom. The maximum absolute atomic E-state index is 12.3. The minimum absolute atomic E-state index is 0.0226. The van der Waals surface area contributed by atoms with E-state index in [2.05, 4.69) is 29.3 Å². The third-order valence-corrected chi connectivity index (χ3v) is 8.62. The number of aliphatic hydroxyl groups is 1. The van der Waals surface area contributed by atoms with Gasteiger partial charge in [-0.3, -0.25) is 14.5 Å². The predicted octanol–water partition coefficient (Wildman–Crippen LogP) is 5.24. The van der Waals surface area contributed by atoms with Gasteiger partial charge in [0, 0.05) is 49.6 Å². The van der Waals surface area contributed by atoms with Crippen LogP contribution in [0.4, 0.5) is 5.69 Å². The number of aliphatic hydroxyl groups excluding tert-OH is 1. The van der Waals surface area contributed by atoms with Gasteiger partial charge in [-0.25, -0.2) is 0 Å². The summed E-state index contributed by atoms with van der Waals surface area (Å²) in [6.07, 6.45) is 0.271. The molecule has 0 aliphatic carbocycles. The Bertz CT molecular complexity index is 1460. The van der Waals surface area contributed by atoms with E-state index in [9.17, 15) is 14.7 Å². The summed E-state index contributed by atoms with van der Waals surface area (Å²) in [5.74, 6) is 0.361. The molecule has 4 atom stereocenters. The number of carbonyl (C=O) groups excluding carboxylic acids is 1. The molecule has 0 spiro atoms. The van der Waals surface area contributed by atoms with Crippen molar-refractivity contribution in [2.45, 2.75) is 64.3 Å². The first kappa shape index (κ1) is 32.4. The number of hydrogen-bond acceptors (Lipinski definition) is 8. The van der Waals surface area contributed by atoms with Crippen molar-refractivity contribution in [1.29, 1.82) is 0 Å². The van der Waals surface area contributed by atoms with Crippen molar-refractivity contribution in [2.75, 3.05) is 32.6 Å². The Morgan fingerprint density at radius 1 is 0.933 bits per heavy atom. The number of carbonyl (C=O) groups is 2. The highest BCUT2D eigenvalue weighted by molar-refractivity contribution is 5.90. The molecule has 45 heavy (non-hydrogen) atoms. The summed E-state index contributed by atoms with van der Waals surface area (Å²) in [5.41, 5.74) is 5.78. The number of amides is 1. The van der Waals surface area contributed by atoms with Gasteiger partial charge < -0.3 is 34.5 Å². The standard InChI is InChI=1S/C35H42N2O8/c1-22-31(20-37-16-15-26-17-29(42-2)30(43-3)18-27(26)19-37)44-35(45-34(22)24-9-7-23(21-38)8-10-24)25-11-13-28(14-12-25)36-32(39)5-4-6-33(40)41/h7-14,17-18,22,31,34-35,38H,4-6,15-16,19-21H2,1-3H3,(H,36,39)(H,40,41)/t22-,31+,34+,35+/m0/s1. The van der Waals surface area contributed by atoms with E-state index in [4.69, 9.17) is 24.1 Å². The Kier molecular flexibility index (Phi) is 10.7. The third-order valence-electron chi connectivity index (χ3n) is 8.62. The number of anilines is 1. The Balaban J connectivity index is 1.32. The van der Waals surface area contributed by atoms with E-state index < -0.39 is 12.3 Å². The lowest BCUT2D eigenvalue weighted by atomic mass is 9.89. The van der Waals surface area contributed by atoms with E-state index in [1.165, 1.54) is 11.1 Å². The maximum Gasteiger partial charge on any atom is 0.303 e. The van der Waals surface area contributed by atoms with Crippen LogP contribution >= 0.6 is 0 Å². The first-order valence-electron chi connectivity index (χ1n) is 15.4. The number of methoxy groups -OCH3 is 2. The Labute approximate surface area is 263 Å². The molecule has 3 aromatic carbocycles. The Hall–Kier alpha value is -3.96. The molecule has 1 fully saturated rings. The maximum atomic E-state index is 12.3. The fourth-order valence-corrected chi connectivity index (χ4v) is 6.03.